The van der Waals surface area contributed by atoms with Gasteiger partial charge in [-0.15, -0.1) is 0 Å². The van der Waals surface area contributed by atoms with Crippen LogP contribution in [0.5, 0.6) is 5.75 Å². The van der Waals surface area contributed by atoms with Crippen LogP contribution < -0.4 is 10.1 Å². The van der Waals surface area contributed by atoms with Gasteiger partial charge in [0, 0.05) is 17.9 Å². The molecule has 0 saturated carbocycles. The molecule has 164 valence electrons. The number of nitrogens with zero attached hydrogens (tertiary/aromatic N) is 3. The van der Waals surface area contributed by atoms with Gasteiger partial charge in [0.1, 0.15) is 12.4 Å². The molecule has 0 atom stereocenters. The van der Waals surface area contributed by atoms with Crippen molar-refractivity contribution in [3.05, 3.63) is 58.9 Å². The standard InChI is InChI=1S/C25H26N4O3/c1-17(30)3-5-20-14-21(16-27-18(20)2)32-12-11-29-9-7-25(8-10-29)22-13-19(15-26)4-6-23(22)28-24(25)31/h3-6,13-14,16H,7-12H2,1-2H3,(H,28,31)/b5-3-. The van der Waals surface area contributed by atoms with Crippen LogP contribution in [0.4, 0.5) is 5.69 Å². The Bertz CT molecular complexity index is 1120. The number of nitrogens with one attached hydrogen (secondary N) is 1. The first-order chi connectivity index (χ1) is 15.4. The Morgan fingerprint density at radius 1 is 1.34 bits per heavy atom. The highest BCUT2D eigenvalue weighted by molar-refractivity contribution is 6.06. The molecule has 32 heavy (non-hydrogen) atoms. The molecule has 1 fully saturated rings. The van der Waals surface area contributed by atoms with Gasteiger partial charge < -0.3 is 10.1 Å². The lowest BCUT2D eigenvalue weighted by Gasteiger charge is -2.37. The van der Waals surface area contributed by atoms with Gasteiger partial charge in [0.2, 0.25) is 5.91 Å². The summed E-state index contributed by atoms with van der Waals surface area (Å²) in [6, 6.07) is 9.49. The lowest BCUT2D eigenvalue weighted by molar-refractivity contribution is -0.122. The molecule has 0 radical (unpaired) electrons. The minimum atomic E-state index is -0.543. The van der Waals surface area contributed by atoms with E-state index in [1.54, 1.807) is 18.3 Å². The monoisotopic (exact) mass is 430 g/mol. The van der Waals surface area contributed by atoms with Crippen LogP contribution in [0.25, 0.3) is 6.08 Å². The Balaban J connectivity index is 1.34. The molecule has 1 aromatic heterocycles. The minimum absolute atomic E-state index is 0.0130. The maximum Gasteiger partial charge on any atom is 0.235 e. The first kappa shape index (κ1) is 21.7. The number of benzene rings is 1. The fourth-order valence-electron chi connectivity index (χ4n) is 4.42. The number of aryl methyl sites for hydroxylation is 1. The molecule has 1 spiro atoms. The lowest BCUT2D eigenvalue weighted by Crippen LogP contribution is -2.47. The van der Waals surface area contributed by atoms with Gasteiger partial charge >= 0.3 is 0 Å². The number of carbonyl (C=O) groups is 2. The average molecular weight is 431 g/mol. The van der Waals surface area contributed by atoms with Gasteiger partial charge in [0.25, 0.3) is 0 Å². The molecule has 0 unspecified atom stereocenters. The number of anilines is 1. The number of piperidine rings is 1. The van der Waals surface area contributed by atoms with Crippen LogP contribution in [-0.2, 0) is 15.0 Å². The summed E-state index contributed by atoms with van der Waals surface area (Å²) in [4.78, 5) is 30.6. The summed E-state index contributed by atoms with van der Waals surface area (Å²) in [7, 11) is 0. The molecule has 7 heteroatoms. The highest BCUT2D eigenvalue weighted by atomic mass is 16.5. The van der Waals surface area contributed by atoms with Gasteiger partial charge in [0.15, 0.2) is 5.78 Å². The molecule has 2 aliphatic rings. The van der Waals surface area contributed by atoms with Crippen molar-refractivity contribution in [1.82, 2.24) is 9.88 Å². The van der Waals surface area contributed by atoms with E-state index in [1.165, 1.54) is 13.0 Å². The van der Waals surface area contributed by atoms with Crippen LogP contribution in [-0.4, -0.2) is 47.8 Å². The summed E-state index contributed by atoms with van der Waals surface area (Å²) in [5.74, 6) is 0.691. The number of rotatable bonds is 6. The number of ether oxygens (including phenoxy) is 1. The number of likely N-dealkylation sites (tertiary alicyclic amines) is 1. The van der Waals surface area contributed by atoms with Crippen molar-refractivity contribution >= 4 is 23.5 Å². The summed E-state index contributed by atoms with van der Waals surface area (Å²) in [6.07, 6.45) is 6.40. The molecular formula is C25H26N4O3. The van der Waals surface area contributed by atoms with E-state index in [4.69, 9.17) is 4.74 Å². The minimum Gasteiger partial charge on any atom is -0.491 e. The summed E-state index contributed by atoms with van der Waals surface area (Å²) in [5, 5.41) is 12.2. The van der Waals surface area contributed by atoms with E-state index in [2.05, 4.69) is 21.3 Å². The van der Waals surface area contributed by atoms with E-state index in [9.17, 15) is 14.9 Å². The Morgan fingerprint density at radius 3 is 2.84 bits per heavy atom. The quantitative estimate of drug-likeness (QED) is 0.707. The van der Waals surface area contributed by atoms with Crippen LogP contribution in [0.2, 0.25) is 0 Å². The number of nitriles is 1. The van der Waals surface area contributed by atoms with E-state index in [0.29, 0.717) is 30.8 Å². The Hall–Kier alpha value is -3.50. The Labute approximate surface area is 187 Å². The van der Waals surface area contributed by atoms with E-state index in [1.807, 2.05) is 25.1 Å². The summed E-state index contributed by atoms with van der Waals surface area (Å²) in [6.45, 7) is 6.23. The second-order valence-corrected chi connectivity index (χ2v) is 8.39. The second kappa shape index (κ2) is 8.93. The van der Waals surface area contributed by atoms with Crippen LogP contribution >= 0.6 is 0 Å². The Morgan fingerprint density at radius 2 is 2.12 bits per heavy atom. The molecule has 1 aromatic carbocycles. The van der Waals surface area contributed by atoms with Gasteiger partial charge in [0.05, 0.1) is 23.2 Å². The van der Waals surface area contributed by atoms with E-state index in [0.717, 1.165) is 42.1 Å². The van der Waals surface area contributed by atoms with Crippen LogP contribution in [0.15, 0.2) is 36.5 Å². The highest BCUT2D eigenvalue weighted by Crippen LogP contribution is 2.45. The third-order valence-electron chi connectivity index (χ3n) is 6.33. The maximum atomic E-state index is 12.8. The van der Waals surface area contributed by atoms with Gasteiger partial charge in [-0.2, -0.15) is 5.26 Å². The van der Waals surface area contributed by atoms with Crippen molar-refractivity contribution < 1.29 is 14.3 Å². The zero-order valence-electron chi connectivity index (χ0n) is 18.4. The normalized spacial score (nSPS) is 17.2. The van der Waals surface area contributed by atoms with E-state index in [-0.39, 0.29) is 11.7 Å². The van der Waals surface area contributed by atoms with E-state index >= 15 is 0 Å². The Kier molecular flexibility index (Phi) is 6.06. The van der Waals surface area contributed by atoms with Crippen molar-refractivity contribution in [2.24, 2.45) is 0 Å². The fourth-order valence-corrected chi connectivity index (χ4v) is 4.42. The molecule has 7 nitrogen and oxygen atoms in total. The molecule has 2 aliphatic heterocycles. The van der Waals surface area contributed by atoms with Crippen molar-refractivity contribution in [3.8, 4) is 11.8 Å². The molecule has 1 N–H and O–H groups in total. The van der Waals surface area contributed by atoms with Gasteiger partial charge in [-0.1, -0.05) is 0 Å². The van der Waals surface area contributed by atoms with Gasteiger partial charge in [-0.05, 0) is 87.3 Å². The smallest absolute Gasteiger partial charge is 0.235 e. The average Bonchev–Trinajstić information content (AvgIpc) is 3.05. The molecule has 0 aliphatic carbocycles. The highest BCUT2D eigenvalue weighted by Gasteiger charge is 2.48. The maximum absolute atomic E-state index is 12.8. The van der Waals surface area contributed by atoms with Crippen molar-refractivity contribution in [2.45, 2.75) is 32.1 Å². The van der Waals surface area contributed by atoms with Crippen molar-refractivity contribution in [1.29, 1.82) is 5.26 Å². The summed E-state index contributed by atoms with van der Waals surface area (Å²) < 4.78 is 5.90. The molecule has 1 amide bonds. The first-order valence-corrected chi connectivity index (χ1v) is 10.8. The number of allylic oxidation sites excluding steroid dienone is 1. The van der Waals surface area contributed by atoms with E-state index < -0.39 is 5.41 Å². The molecule has 0 bridgehead atoms. The van der Waals surface area contributed by atoms with Crippen LogP contribution in [0, 0.1) is 18.3 Å². The van der Waals surface area contributed by atoms with Crippen molar-refractivity contribution in [2.75, 3.05) is 31.6 Å². The number of amides is 1. The molecule has 2 aromatic rings. The third-order valence-corrected chi connectivity index (χ3v) is 6.33. The number of aromatic nitrogens is 1. The lowest BCUT2D eigenvalue weighted by atomic mass is 9.73. The molecule has 3 heterocycles. The predicted molar refractivity (Wildman–Crippen MR) is 121 cm³/mol. The van der Waals surface area contributed by atoms with Crippen LogP contribution in [0.1, 0.15) is 42.1 Å². The van der Waals surface area contributed by atoms with Gasteiger partial charge in [-0.3, -0.25) is 19.5 Å². The summed E-state index contributed by atoms with van der Waals surface area (Å²) in [5.41, 5.74) is 3.52. The SMILES string of the molecule is CC(=O)/C=C\c1cc(OCCN2CCC3(CC2)C(=O)Nc2ccc(C#N)cc23)cnc1C. The fraction of sp³-hybridized carbons (Fsp3) is 0.360. The van der Waals surface area contributed by atoms with Crippen molar-refractivity contribution in [3.63, 3.8) is 0 Å². The number of carbonyl (C=O) groups excluding carboxylic acids is 2. The number of hydrogen-bond acceptors (Lipinski definition) is 6. The number of hydrogen-bond donors (Lipinski definition) is 1. The van der Waals surface area contributed by atoms with Crippen LogP contribution in [0.3, 0.4) is 0 Å². The number of ketones is 1. The largest absolute Gasteiger partial charge is 0.491 e. The molecular weight excluding hydrogens is 404 g/mol. The topological polar surface area (TPSA) is 95.3 Å². The number of fused-ring (bicyclic) bond motifs is 2. The predicted octanol–water partition coefficient (Wildman–Crippen LogP) is 3.23. The zero-order valence-corrected chi connectivity index (χ0v) is 18.4. The molecule has 1 saturated heterocycles. The number of pyridine rings is 1. The second-order valence-electron chi connectivity index (χ2n) is 8.39. The molecule has 4 rings (SSSR count). The summed E-state index contributed by atoms with van der Waals surface area (Å²) >= 11 is 0. The third kappa shape index (κ3) is 4.27. The van der Waals surface area contributed by atoms with Gasteiger partial charge in [-0.25, -0.2) is 0 Å². The first-order valence-electron chi connectivity index (χ1n) is 10.8. The zero-order chi connectivity index (χ0) is 22.7.